The number of aromatic nitrogens is 1. The summed E-state index contributed by atoms with van der Waals surface area (Å²) in [5.74, 6) is 1.72. The normalized spacial score (nSPS) is 19.0. The fourth-order valence-corrected chi connectivity index (χ4v) is 4.14. The third kappa shape index (κ3) is 4.37. The Morgan fingerprint density at radius 3 is 2.62 bits per heavy atom. The molecule has 0 saturated carbocycles. The standard InChI is InChI=1S/C22H23BrN4OS/c1-26(2)13-14-27-21(20(25-22(27)29)17-5-3-4-12-24-17)19-11-10-18(28-19)15-6-8-16(23)9-7-15/h3-12,20-21H,13-14H2,1-2H3,(H,25,29)/t20-,21-/m1/s1. The number of nitrogens with zero attached hydrogens (tertiary/aromatic N) is 3. The van der Waals surface area contributed by atoms with E-state index in [0.29, 0.717) is 0 Å². The summed E-state index contributed by atoms with van der Waals surface area (Å²) in [5, 5.41) is 4.19. The topological polar surface area (TPSA) is 44.5 Å². The first-order valence-electron chi connectivity index (χ1n) is 9.51. The first-order chi connectivity index (χ1) is 14.0. The Balaban J connectivity index is 1.69. The second-order valence-electron chi connectivity index (χ2n) is 7.33. The lowest BCUT2D eigenvalue weighted by Crippen LogP contribution is -2.35. The highest BCUT2D eigenvalue weighted by atomic mass is 79.9. The molecule has 1 saturated heterocycles. The zero-order valence-electron chi connectivity index (χ0n) is 16.4. The van der Waals surface area contributed by atoms with Crippen molar-refractivity contribution >= 4 is 33.3 Å². The summed E-state index contributed by atoms with van der Waals surface area (Å²) in [7, 11) is 4.13. The maximum atomic E-state index is 6.33. The monoisotopic (exact) mass is 470 g/mol. The highest BCUT2D eigenvalue weighted by Gasteiger charge is 2.41. The second-order valence-corrected chi connectivity index (χ2v) is 8.63. The largest absolute Gasteiger partial charge is 0.459 e. The predicted molar refractivity (Wildman–Crippen MR) is 123 cm³/mol. The molecule has 1 aliphatic rings. The van der Waals surface area contributed by atoms with Crippen LogP contribution in [0.3, 0.4) is 0 Å². The average Bonchev–Trinajstić information content (AvgIpc) is 3.32. The molecular formula is C22H23BrN4OS. The Kier molecular flexibility index (Phi) is 5.99. The molecule has 3 heterocycles. The Morgan fingerprint density at radius 2 is 1.93 bits per heavy atom. The van der Waals surface area contributed by atoms with Crippen molar-refractivity contribution in [3.05, 3.63) is 76.7 Å². The predicted octanol–water partition coefficient (Wildman–Crippen LogP) is 4.64. The van der Waals surface area contributed by atoms with Crippen molar-refractivity contribution in [2.75, 3.05) is 27.2 Å². The molecule has 3 aromatic rings. The number of rotatable bonds is 6. The van der Waals surface area contributed by atoms with Crippen molar-refractivity contribution in [2.24, 2.45) is 0 Å². The van der Waals surface area contributed by atoms with Gasteiger partial charge in [0.25, 0.3) is 0 Å². The van der Waals surface area contributed by atoms with E-state index in [1.54, 1.807) is 0 Å². The van der Waals surface area contributed by atoms with E-state index in [-0.39, 0.29) is 12.1 Å². The van der Waals surface area contributed by atoms with E-state index in [1.807, 2.05) is 54.7 Å². The van der Waals surface area contributed by atoms with E-state index < -0.39 is 0 Å². The molecule has 1 aliphatic heterocycles. The van der Waals surface area contributed by atoms with Gasteiger partial charge in [0.05, 0.1) is 11.7 Å². The number of nitrogens with one attached hydrogen (secondary N) is 1. The third-order valence-electron chi connectivity index (χ3n) is 5.03. The van der Waals surface area contributed by atoms with Crippen LogP contribution in [0.25, 0.3) is 11.3 Å². The molecule has 5 nitrogen and oxygen atoms in total. The van der Waals surface area contributed by atoms with Crippen LogP contribution in [0.4, 0.5) is 0 Å². The van der Waals surface area contributed by atoms with Gasteiger partial charge in [0.15, 0.2) is 5.11 Å². The van der Waals surface area contributed by atoms with E-state index in [0.717, 1.165) is 45.5 Å². The summed E-state index contributed by atoms with van der Waals surface area (Å²) in [5.41, 5.74) is 2.00. The highest BCUT2D eigenvalue weighted by molar-refractivity contribution is 9.10. The van der Waals surface area contributed by atoms with E-state index in [2.05, 4.69) is 56.2 Å². The van der Waals surface area contributed by atoms with Crippen molar-refractivity contribution in [3.63, 3.8) is 0 Å². The fraction of sp³-hybridized carbons (Fsp3) is 0.273. The van der Waals surface area contributed by atoms with E-state index in [1.165, 1.54) is 0 Å². The summed E-state index contributed by atoms with van der Waals surface area (Å²) < 4.78 is 7.38. The molecule has 29 heavy (non-hydrogen) atoms. The molecule has 1 N–H and O–H groups in total. The average molecular weight is 471 g/mol. The molecule has 4 rings (SSSR count). The molecule has 0 bridgehead atoms. The van der Waals surface area contributed by atoms with Gasteiger partial charge in [0, 0.05) is 29.3 Å². The van der Waals surface area contributed by atoms with Crippen LogP contribution >= 0.6 is 28.1 Å². The number of hydrogen-bond donors (Lipinski definition) is 1. The summed E-state index contributed by atoms with van der Waals surface area (Å²) in [6.45, 7) is 1.70. The van der Waals surface area contributed by atoms with Crippen molar-refractivity contribution in [1.29, 1.82) is 0 Å². The smallest absolute Gasteiger partial charge is 0.170 e. The lowest BCUT2D eigenvalue weighted by molar-refractivity contribution is 0.250. The number of hydrogen-bond acceptors (Lipinski definition) is 4. The first-order valence-corrected chi connectivity index (χ1v) is 10.7. The third-order valence-corrected chi connectivity index (χ3v) is 5.91. The molecule has 0 aliphatic carbocycles. The Labute approximate surface area is 184 Å². The van der Waals surface area contributed by atoms with Gasteiger partial charge in [-0.1, -0.05) is 34.1 Å². The van der Waals surface area contributed by atoms with E-state index in [9.17, 15) is 0 Å². The van der Waals surface area contributed by atoms with Gasteiger partial charge in [0.1, 0.15) is 17.6 Å². The minimum Gasteiger partial charge on any atom is -0.459 e. The van der Waals surface area contributed by atoms with Crippen molar-refractivity contribution in [3.8, 4) is 11.3 Å². The SMILES string of the molecule is CN(C)CCN1C(=S)N[C@H](c2ccccn2)[C@H]1c1ccc(-c2ccc(Br)cc2)o1. The second kappa shape index (κ2) is 8.65. The van der Waals surface area contributed by atoms with Crippen molar-refractivity contribution in [2.45, 2.75) is 12.1 Å². The van der Waals surface area contributed by atoms with Gasteiger partial charge in [-0.25, -0.2) is 0 Å². The zero-order valence-corrected chi connectivity index (χ0v) is 18.8. The van der Waals surface area contributed by atoms with Gasteiger partial charge in [-0.15, -0.1) is 0 Å². The van der Waals surface area contributed by atoms with Gasteiger partial charge >= 0.3 is 0 Å². The van der Waals surface area contributed by atoms with Crippen LogP contribution in [-0.4, -0.2) is 47.1 Å². The van der Waals surface area contributed by atoms with Crippen molar-refractivity contribution in [1.82, 2.24) is 20.1 Å². The van der Waals surface area contributed by atoms with Crippen LogP contribution < -0.4 is 5.32 Å². The van der Waals surface area contributed by atoms with Crippen LogP contribution in [-0.2, 0) is 0 Å². The zero-order chi connectivity index (χ0) is 20.4. The summed E-state index contributed by atoms with van der Waals surface area (Å²) >= 11 is 9.17. The van der Waals surface area contributed by atoms with Crippen molar-refractivity contribution < 1.29 is 4.42 Å². The molecule has 0 amide bonds. The molecule has 2 aromatic heterocycles. The van der Waals surface area contributed by atoms with Gasteiger partial charge in [0.2, 0.25) is 0 Å². The lowest BCUT2D eigenvalue weighted by atomic mass is 10.0. The number of pyridine rings is 1. The minimum absolute atomic E-state index is 0.0541. The number of halogens is 1. The fourth-order valence-electron chi connectivity index (χ4n) is 3.54. The van der Waals surface area contributed by atoms with Gasteiger partial charge in [-0.2, -0.15) is 0 Å². The summed E-state index contributed by atoms with van der Waals surface area (Å²) in [6.07, 6.45) is 1.81. The molecule has 1 aromatic carbocycles. The van der Waals surface area contributed by atoms with Gasteiger partial charge in [-0.3, -0.25) is 4.98 Å². The Bertz CT molecular complexity index is 974. The van der Waals surface area contributed by atoms with Crippen LogP contribution in [0.5, 0.6) is 0 Å². The first kappa shape index (κ1) is 20.1. The molecule has 0 unspecified atom stereocenters. The molecule has 150 valence electrons. The molecular weight excluding hydrogens is 448 g/mol. The number of benzene rings is 1. The molecule has 2 atom stereocenters. The number of furan rings is 1. The Hall–Kier alpha value is -2.22. The van der Waals surface area contributed by atoms with Crippen LogP contribution in [0.1, 0.15) is 23.5 Å². The maximum Gasteiger partial charge on any atom is 0.170 e. The quantitative estimate of drug-likeness (QED) is 0.529. The number of likely N-dealkylation sites (N-methyl/N-ethyl adjacent to an activating group) is 1. The van der Waals surface area contributed by atoms with Gasteiger partial charge < -0.3 is 19.5 Å². The molecule has 1 fully saturated rings. The lowest BCUT2D eigenvalue weighted by Gasteiger charge is -2.27. The van der Waals surface area contributed by atoms with Crippen LogP contribution in [0.15, 0.2) is 69.7 Å². The van der Waals surface area contributed by atoms with Crippen LogP contribution in [0.2, 0.25) is 0 Å². The minimum atomic E-state index is -0.0604. The molecule has 0 radical (unpaired) electrons. The van der Waals surface area contributed by atoms with E-state index >= 15 is 0 Å². The highest BCUT2D eigenvalue weighted by Crippen LogP contribution is 2.40. The van der Waals surface area contributed by atoms with Crippen LogP contribution in [0, 0.1) is 0 Å². The summed E-state index contributed by atoms with van der Waals surface area (Å²) in [6, 6.07) is 18.0. The Morgan fingerprint density at radius 1 is 1.14 bits per heavy atom. The molecule has 7 heteroatoms. The van der Waals surface area contributed by atoms with E-state index in [4.69, 9.17) is 16.6 Å². The summed E-state index contributed by atoms with van der Waals surface area (Å²) in [4.78, 5) is 8.93. The van der Waals surface area contributed by atoms with Gasteiger partial charge in [-0.05, 0) is 62.7 Å². The maximum absolute atomic E-state index is 6.33. The number of thiocarbonyl (C=S) groups is 1. The molecule has 0 spiro atoms.